The van der Waals surface area contributed by atoms with Crippen LogP contribution in [0.5, 0.6) is 5.75 Å². The third kappa shape index (κ3) is 3.23. The van der Waals surface area contributed by atoms with Crippen LogP contribution < -0.4 is 10.1 Å². The number of aryl methyl sites for hydroxylation is 1. The van der Waals surface area contributed by atoms with E-state index in [1.807, 2.05) is 36.1 Å². The Balaban J connectivity index is 1.88. The molecule has 0 aromatic heterocycles. The minimum Gasteiger partial charge on any atom is -0.484 e. The lowest BCUT2D eigenvalue weighted by molar-refractivity contribution is -0.136. The Labute approximate surface area is 108 Å². The molecular formula is C14H20N2O2. The Morgan fingerprint density at radius 2 is 2.39 bits per heavy atom. The number of hydrogen-bond donors (Lipinski definition) is 1. The molecule has 1 aliphatic rings. The zero-order chi connectivity index (χ0) is 13.0. The van der Waals surface area contributed by atoms with E-state index in [0.29, 0.717) is 0 Å². The number of amides is 1. The van der Waals surface area contributed by atoms with Gasteiger partial charge >= 0.3 is 0 Å². The number of piperazine rings is 1. The SMILES string of the molecule is Cc1cccc(OCC(=O)N2CCNCC2C)c1. The molecule has 4 heteroatoms. The van der Waals surface area contributed by atoms with Crippen LogP contribution in [0.15, 0.2) is 24.3 Å². The standard InChI is InChI=1S/C14H20N2O2/c1-11-4-3-5-13(8-11)18-10-14(17)16-7-6-15-9-12(16)2/h3-5,8,12,15H,6-7,9-10H2,1-2H3. The zero-order valence-electron chi connectivity index (χ0n) is 11.0. The second-order valence-corrected chi connectivity index (χ2v) is 4.75. The van der Waals surface area contributed by atoms with Gasteiger partial charge in [-0.1, -0.05) is 12.1 Å². The number of benzene rings is 1. The summed E-state index contributed by atoms with van der Waals surface area (Å²) in [6, 6.07) is 8.00. The number of ether oxygens (including phenoxy) is 1. The van der Waals surface area contributed by atoms with Gasteiger partial charge in [0, 0.05) is 25.7 Å². The van der Waals surface area contributed by atoms with Crippen molar-refractivity contribution in [3.8, 4) is 5.75 Å². The van der Waals surface area contributed by atoms with E-state index in [2.05, 4.69) is 12.2 Å². The highest BCUT2D eigenvalue weighted by Crippen LogP contribution is 2.12. The molecule has 1 atom stereocenters. The molecule has 0 aliphatic carbocycles. The summed E-state index contributed by atoms with van der Waals surface area (Å²) in [7, 11) is 0. The molecule has 4 nitrogen and oxygen atoms in total. The first-order valence-electron chi connectivity index (χ1n) is 6.36. The van der Waals surface area contributed by atoms with Crippen molar-refractivity contribution in [1.29, 1.82) is 0 Å². The van der Waals surface area contributed by atoms with Crippen LogP contribution in [0, 0.1) is 6.92 Å². The maximum atomic E-state index is 12.0. The molecule has 1 aromatic rings. The third-order valence-electron chi connectivity index (χ3n) is 3.17. The first-order chi connectivity index (χ1) is 8.66. The van der Waals surface area contributed by atoms with E-state index in [1.165, 1.54) is 0 Å². The molecule has 1 unspecified atom stereocenters. The highest BCUT2D eigenvalue weighted by atomic mass is 16.5. The van der Waals surface area contributed by atoms with Gasteiger partial charge in [-0.15, -0.1) is 0 Å². The molecule has 1 heterocycles. The summed E-state index contributed by atoms with van der Waals surface area (Å²) in [6.07, 6.45) is 0. The van der Waals surface area contributed by atoms with E-state index in [4.69, 9.17) is 4.74 Å². The molecular weight excluding hydrogens is 228 g/mol. The van der Waals surface area contributed by atoms with E-state index < -0.39 is 0 Å². The molecule has 1 amide bonds. The van der Waals surface area contributed by atoms with Crippen LogP contribution in [0.2, 0.25) is 0 Å². The average molecular weight is 248 g/mol. The fourth-order valence-corrected chi connectivity index (χ4v) is 2.14. The van der Waals surface area contributed by atoms with Crippen molar-refractivity contribution >= 4 is 5.91 Å². The minimum atomic E-state index is 0.0607. The van der Waals surface area contributed by atoms with Crippen molar-refractivity contribution in [2.24, 2.45) is 0 Å². The van der Waals surface area contributed by atoms with Crippen molar-refractivity contribution in [2.45, 2.75) is 19.9 Å². The van der Waals surface area contributed by atoms with Crippen LogP contribution in [0.25, 0.3) is 0 Å². The second kappa shape index (κ2) is 5.87. The lowest BCUT2D eigenvalue weighted by Gasteiger charge is -2.33. The third-order valence-corrected chi connectivity index (χ3v) is 3.17. The van der Waals surface area contributed by atoms with Gasteiger partial charge in [0.15, 0.2) is 6.61 Å². The predicted octanol–water partition coefficient (Wildman–Crippen LogP) is 1.19. The van der Waals surface area contributed by atoms with Crippen molar-refractivity contribution in [3.05, 3.63) is 29.8 Å². The van der Waals surface area contributed by atoms with Crippen LogP contribution in [0.3, 0.4) is 0 Å². The molecule has 0 bridgehead atoms. The van der Waals surface area contributed by atoms with Crippen molar-refractivity contribution in [3.63, 3.8) is 0 Å². The van der Waals surface area contributed by atoms with Gasteiger partial charge in [-0.3, -0.25) is 4.79 Å². The van der Waals surface area contributed by atoms with Crippen LogP contribution in [-0.2, 0) is 4.79 Å². The highest BCUT2D eigenvalue weighted by molar-refractivity contribution is 5.78. The molecule has 2 rings (SSSR count). The highest BCUT2D eigenvalue weighted by Gasteiger charge is 2.22. The molecule has 1 N–H and O–H groups in total. The van der Waals surface area contributed by atoms with E-state index in [9.17, 15) is 4.79 Å². The Bertz CT molecular complexity index is 420. The van der Waals surface area contributed by atoms with Gasteiger partial charge in [-0.05, 0) is 31.5 Å². The van der Waals surface area contributed by atoms with Crippen LogP contribution in [0.1, 0.15) is 12.5 Å². The number of carbonyl (C=O) groups is 1. The van der Waals surface area contributed by atoms with Gasteiger partial charge < -0.3 is 15.0 Å². The van der Waals surface area contributed by atoms with E-state index in [-0.39, 0.29) is 18.6 Å². The van der Waals surface area contributed by atoms with Gasteiger partial charge in [0.05, 0.1) is 0 Å². The van der Waals surface area contributed by atoms with Crippen molar-refractivity contribution < 1.29 is 9.53 Å². The Kier molecular flexibility index (Phi) is 4.20. The monoisotopic (exact) mass is 248 g/mol. The zero-order valence-corrected chi connectivity index (χ0v) is 11.0. The summed E-state index contributed by atoms with van der Waals surface area (Å²) < 4.78 is 5.54. The first-order valence-corrected chi connectivity index (χ1v) is 6.36. The Morgan fingerprint density at radius 3 is 3.11 bits per heavy atom. The number of nitrogens with zero attached hydrogens (tertiary/aromatic N) is 1. The molecule has 1 aromatic carbocycles. The summed E-state index contributed by atoms with van der Waals surface area (Å²) in [4.78, 5) is 13.9. The molecule has 0 saturated carbocycles. The second-order valence-electron chi connectivity index (χ2n) is 4.75. The fourth-order valence-electron chi connectivity index (χ4n) is 2.14. The normalized spacial score (nSPS) is 19.7. The maximum absolute atomic E-state index is 12.0. The van der Waals surface area contributed by atoms with Gasteiger partial charge in [-0.2, -0.15) is 0 Å². The van der Waals surface area contributed by atoms with E-state index in [1.54, 1.807) is 0 Å². The van der Waals surface area contributed by atoms with Gasteiger partial charge in [-0.25, -0.2) is 0 Å². The Morgan fingerprint density at radius 1 is 1.56 bits per heavy atom. The number of rotatable bonds is 3. The lowest BCUT2D eigenvalue weighted by Crippen LogP contribution is -2.53. The van der Waals surface area contributed by atoms with Crippen LogP contribution >= 0.6 is 0 Å². The van der Waals surface area contributed by atoms with Crippen molar-refractivity contribution in [1.82, 2.24) is 10.2 Å². The molecule has 18 heavy (non-hydrogen) atoms. The van der Waals surface area contributed by atoms with E-state index in [0.717, 1.165) is 30.9 Å². The predicted molar refractivity (Wildman–Crippen MR) is 70.7 cm³/mol. The first kappa shape index (κ1) is 12.9. The summed E-state index contributed by atoms with van der Waals surface area (Å²) in [5.74, 6) is 0.816. The topological polar surface area (TPSA) is 41.6 Å². The quantitative estimate of drug-likeness (QED) is 0.873. The fraction of sp³-hybridized carbons (Fsp3) is 0.500. The lowest BCUT2D eigenvalue weighted by atomic mass is 10.2. The van der Waals surface area contributed by atoms with E-state index >= 15 is 0 Å². The maximum Gasteiger partial charge on any atom is 0.260 e. The van der Waals surface area contributed by atoms with Gasteiger partial charge in [0.2, 0.25) is 0 Å². The molecule has 1 fully saturated rings. The summed E-state index contributed by atoms with van der Waals surface area (Å²) in [6.45, 7) is 6.66. The number of hydrogen-bond acceptors (Lipinski definition) is 3. The van der Waals surface area contributed by atoms with Gasteiger partial charge in [0.1, 0.15) is 5.75 Å². The summed E-state index contributed by atoms with van der Waals surface area (Å²) in [5, 5.41) is 3.27. The smallest absolute Gasteiger partial charge is 0.260 e. The molecule has 1 aliphatic heterocycles. The number of carbonyl (C=O) groups excluding carboxylic acids is 1. The molecule has 0 spiro atoms. The number of nitrogens with one attached hydrogen (secondary N) is 1. The summed E-state index contributed by atoms with van der Waals surface area (Å²) in [5.41, 5.74) is 1.13. The minimum absolute atomic E-state index is 0.0607. The van der Waals surface area contributed by atoms with Crippen LogP contribution in [-0.4, -0.2) is 43.1 Å². The molecule has 98 valence electrons. The van der Waals surface area contributed by atoms with Crippen LogP contribution in [0.4, 0.5) is 0 Å². The summed E-state index contributed by atoms with van der Waals surface area (Å²) >= 11 is 0. The van der Waals surface area contributed by atoms with Crippen molar-refractivity contribution in [2.75, 3.05) is 26.2 Å². The molecule has 1 saturated heterocycles. The largest absolute Gasteiger partial charge is 0.484 e. The molecule has 0 radical (unpaired) electrons. The Hall–Kier alpha value is -1.55. The average Bonchev–Trinajstić information content (AvgIpc) is 2.37. The van der Waals surface area contributed by atoms with Gasteiger partial charge in [0.25, 0.3) is 5.91 Å².